The largest absolute Gasteiger partial charge is 0.0649 e. The van der Waals surface area contributed by atoms with Crippen molar-refractivity contribution in [1.29, 1.82) is 0 Å². The molecule has 1 aliphatic rings. The summed E-state index contributed by atoms with van der Waals surface area (Å²) in [7, 11) is 0. The molecule has 0 nitrogen and oxygen atoms in total. The maximum absolute atomic E-state index is 2.44. The van der Waals surface area contributed by atoms with Gasteiger partial charge in [-0.15, -0.1) is 0 Å². The Hall–Kier alpha value is 0. The molecule has 1 aliphatic carbocycles. The molecule has 1 fully saturated rings. The van der Waals surface area contributed by atoms with Gasteiger partial charge in [-0.1, -0.05) is 48.0 Å². The molecule has 1 rings (SSSR count). The van der Waals surface area contributed by atoms with Gasteiger partial charge in [-0.2, -0.15) is 0 Å². The Bertz CT molecular complexity index is 165. The van der Waals surface area contributed by atoms with E-state index in [1.54, 1.807) is 0 Å². The monoisotopic (exact) mass is 154 g/mol. The van der Waals surface area contributed by atoms with Gasteiger partial charge >= 0.3 is 0 Å². The second-order valence-corrected chi connectivity index (χ2v) is 5.63. The van der Waals surface area contributed by atoms with Crippen molar-refractivity contribution in [3.05, 3.63) is 0 Å². The molecule has 0 aliphatic heterocycles. The Morgan fingerprint density at radius 3 is 1.64 bits per heavy atom. The predicted octanol–water partition coefficient (Wildman–Crippen LogP) is 3.86. The van der Waals surface area contributed by atoms with Crippen molar-refractivity contribution >= 4 is 0 Å². The van der Waals surface area contributed by atoms with E-state index < -0.39 is 0 Å². The molecule has 0 aromatic rings. The zero-order valence-corrected chi connectivity index (χ0v) is 8.91. The Balaban J connectivity index is 2.78. The topological polar surface area (TPSA) is 0 Å². The summed E-state index contributed by atoms with van der Waals surface area (Å²) in [5.41, 5.74) is 1.71. The summed E-state index contributed by atoms with van der Waals surface area (Å²) in [4.78, 5) is 0. The molecular formula is C11H22. The lowest BCUT2D eigenvalue weighted by atomic mass is 9.71. The van der Waals surface area contributed by atoms with E-state index in [4.69, 9.17) is 0 Å². The van der Waals surface area contributed by atoms with Crippen molar-refractivity contribution in [1.82, 2.24) is 0 Å². The van der Waals surface area contributed by atoms with Crippen LogP contribution in [0.4, 0.5) is 0 Å². The summed E-state index contributed by atoms with van der Waals surface area (Å²) in [5, 5.41) is 0. The molecule has 0 aromatic carbocycles. The minimum Gasteiger partial charge on any atom is -0.0649 e. The van der Waals surface area contributed by atoms with Gasteiger partial charge in [0.25, 0.3) is 0 Å². The highest BCUT2D eigenvalue weighted by molar-refractivity contribution is 5.12. The third-order valence-electron chi connectivity index (χ3n) is 4.54. The van der Waals surface area contributed by atoms with Gasteiger partial charge in [0.1, 0.15) is 0 Å². The van der Waals surface area contributed by atoms with Gasteiger partial charge in [0.15, 0.2) is 0 Å². The fraction of sp³-hybridized carbons (Fsp3) is 1.00. The maximum Gasteiger partial charge on any atom is -0.0218 e. The van der Waals surface area contributed by atoms with Gasteiger partial charge in [0.2, 0.25) is 0 Å². The van der Waals surface area contributed by atoms with Gasteiger partial charge in [-0.25, -0.2) is 0 Å². The van der Waals surface area contributed by atoms with Crippen LogP contribution in [0.15, 0.2) is 0 Å². The summed E-state index contributed by atoms with van der Waals surface area (Å²) >= 11 is 0. The summed E-state index contributed by atoms with van der Waals surface area (Å²) in [6.07, 6.45) is 2.70. The van der Waals surface area contributed by atoms with Gasteiger partial charge in [0, 0.05) is 0 Å². The van der Waals surface area contributed by atoms with Crippen molar-refractivity contribution < 1.29 is 0 Å². The first-order chi connectivity index (χ1) is 4.77. The molecule has 0 N–H and O–H groups in total. The van der Waals surface area contributed by atoms with E-state index in [0.717, 1.165) is 0 Å². The first-order valence-corrected chi connectivity index (χ1v) is 4.77. The second kappa shape index (κ2) is 2.02. The molecule has 1 atom stereocenters. The number of hydrogen-bond donors (Lipinski definition) is 0. The molecule has 0 heterocycles. The zero-order chi connectivity index (χ0) is 8.91. The van der Waals surface area contributed by atoms with Crippen LogP contribution in [0.2, 0.25) is 0 Å². The molecule has 11 heavy (non-hydrogen) atoms. The molecule has 0 amide bonds. The summed E-state index contributed by atoms with van der Waals surface area (Å²) in [6.45, 7) is 14.3. The molecule has 0 saturated heterocycles. The molecule has 0 spiro atoms. The van der Waals surface area contributed by atoms with E-state index in [-0.39, 0.29) is 0 Å². The van der Waals surface area contributed by atoms with E-state index in [0.29, 0.717) is 16.2 Å². The van der Waals surface area contributed by atoms with E-state index >= 15 is 0 Å². The summed E-state index contributed by atoms with van der Waals surface area (Å²) < 4.78 is 0. The maximum atomic E-state index is 2.44. The van der Waals surface area contributed by atoms with Gasteiger partial charge < -0.3 is 0 Å². The predicted molar refractivity (Wildman–Crippen MR) is 50.6 cm³/mol. The standard InChI is InChI=1S/C11H22/c1-7-9(2,3)11(6)8-10(11,4)5/h7-8H2,1-6H3. The Morgan fingerprint density at radius 2 is 1.55 bits per heavy atom. The van der Waals surface area contributed by atoms with Crippen LogP contribution in [0.5, 0.6) is 0 Å². The lowest BCUT2D eigenvalue weighted by molar-refractivity contribution is 0.154. The highest BCUT2D eigenvalue weighted by Crippen LogP contribution is 2.72. The zero-order valence-electron chi connectivity index (χ0n) is 8.91. The first-order valence-electron chi connectivity index (χ1n) is 4.77. The molecule has 0 aromatic heterocycles. The summed E-state index contributed by atoms with van der Waals surface area (Å²) in [5.74, 6) is 0. The molecule has 0 bridgehead atoms. The first kappa shape index (κ1) is 9.09. The normalized spacial score (nSPS) is 35.5. The van der Waals surface area contributed by atoms with Crippen LogP contribution in [-0.4, -0.2) is 0 Å². The highest BCUT2D eigenvalue weighted by atomic mass is 14.7. The van der Waals surface area contributed by atoms with E-state index in [2.05, 4.69) is 41.5 Å². The van der Waals surface area contributed by atoms with E-state index in [1.165, 1.54) is 12.8 Å². The van der Waals surface area contributed by atoms with Crippen LogP contribution in [0, 0.1) is 16.2 Å². The fourth-order valence-corrected chi connectivity index (χ4v) is 2.39. The average molecular weight is 154 g/mol. The van der Waals surface area contributed by atoms with Crippen LogP contribution in [-0.2, 0) is 0 Å². The van der Waals surface area contributed by atoms with Crippen molar-refractivity contribution in [3.8, 4) is 0 Å². The Morgan fingerprint density at radius 1 is 1.18 bits per heavy atom. The van der Waals surface area contributed by atoms with Crippen LogP contribution in [0.3, 0.4) is 0 Å². The van der Waals surface area contributed by atoms with Crippen LogP contribution >= 0.6 is 0 Å². The van der Waals surface area contributed by atoms with Crippen molar-refractivity contribution in [2.75, 3.05) is 0 Å². The smallest absolute Gasteiger partial charge is 0.0218 e. The molecule has 66 valence electrons. The minimum absolute atomic E-state index is 0.524. The van der Waals surface area contributed by atoms with E-state index in [9.17, 15) is 0 Å². The van der Waals surface area contributed by atoms with Gasteiger partial charge in [0.05, 0.1) is 0 Å². The number of rotatable bonds is 2. The summed E-state index contributed by atoms with van der Waals surface area (Å²) in [6, 6.07) is 0. The Labute approximate surface area is 71.4 Å². The van der Waals surface area contributed by atoms with Crippen LogP contribution in [0.1, 0.15) is 54.4 Å². The van der Waals surface area contributed by atoms with Crippen molar-refractivity contribution in [2.24, 2.45) is 16.2 Å². The quantitative estimate of drug-likeness (QED) is 0.566. The van der Waals surface area contributed by atoms with Crippen LogP contribution in [0.25, 0.3) is 0 Å². The third-order valence-corrected chi connectivity index (χ3v) is 4.54. The SMILES string of the molecule is CCC(C)(C)C1(C)CC1(C)C. The third kappa shape index (κ3) is 1.02. The van der Waals surface area contributed by atoms with Gasteiger partial charge in [-0.3, -0.25) is 0 Å². The van der Waals surface area contributed by atoms with Crippen molar-refractivity contribution in [3.63, 3.8) is 0 Å². The van der Waals surface area contributed by atoms with E-state index in [1.807, 2.05) is 0 Å². The number of hydrogen-bond acceptors (Lipinski definition) is 0. The van der Waals surface area contributed by atoms with Gasteiger partial charge in [-0.05, 0) is 22.7 Å². The molecule has 0 heteroatoms. The second-order valence-electron chi connectivity index (χ2n) is 5.63. The Kier molecular flexibility index (Phi) is 1.67. The molecular weight excluding hydrogens is 132 g/mol. The molecule has 1 saturated carbocycles. The van der Waals surface area contributed by atoms with Crippen molar-refractivity contribution in [2.45, 2.75) is 54.4 Å². The minimum atomic E-state index is 0.524. The average Bonchev–Trinajstić information content (AvgIpc) is 2.35. The molecule has 0 radical (unpaired) electrons. The fourth-order valence-electron chi connectivity index (χ4n) is 2.39. The molecule has 1 unspecified atom stereocenters. The highest BCUT2D eigenvalue weighted by Gasteiger charge is 2.63. The lowest BCUT2D eigenvalue weighted by Crippen LogP contribution is -2.26. The van der Waals surface area contributed by atoms with Crippen LogP contribution < -0.4 is 0 Å². The lowest BCUT2D eigenvalue weighted by Gasteiger charge is -2.34.